The fourth-order valence-electron chi connectivity index (χ4n) is 1.15. The highest BCUT2D eigenvalue weighted by atomic mass is 79.9. The van der Waals surface area contributed by atoms with Crippen LogP contribution < -0.4 is 5.14 Å². The third-order valence-corrected chi connectivity index (χ3v) is 3.38. The molecule has 1 aromatic rings. The zero-order chi connectivity index (χ0) is 11.6. The third kappa shape index (κ3) is 2.87. The lowest BCUT2D eigenvalue weighted by Gasteiger charge is -2.05. The van der Waals surface area contributed by atoms with Crippen LogP contribution in [0.25, 0.3) is 0 Å². The summed E-state index contributed by atoms with van der Waals surface area (Å²) in [7, 11) is -3.75. The van der Waals surface area contributed by atoms with Crippen molar-refractivity contribution in [2.24, 2.45) is 5.14 Å². The quantitative estimate of drug-likeness (QED) is 0.672. The van der Waals surface area contributed by atoms with Gasteiger partial charge in [0.15, 0.2) is 5.78 Å². The number of alkyl halides is 1. The second kappa shape index (κ2) is 4.42. The summed E-state index contributed by atoms with van der Waals surface area (Å²) < 4.78 is 22.1. The Bertz CT molecular complexity index is 496. The maximum absolute atomic E-state index is 11.4. The number of primary sulfonamides is 1. The topological polar surface area (TPSA) is 77.2 Å². The molecule has 2 N–H and O–H groups in total. The molecular weight excluding hydrogens is 282 g/mol. The smallest absolute Gasteiger partial charge is 0.238 e. The van der Waals surface area contributed by atoms with Crippen LogP contribution in [0.15, 0.2) is 23.1 Å². The van der Waals surface area contributed by atoms with E-state index < -0.39 is 10.0 Å². The van der Waals surface area contributed by atoms with Crippen molar-refractivity contribution in [2.45, 2.75) is 11.8 Å². The molecular formula is C9H10BrNO3S. The van der Waals surface area contributed by atoms with E-state index in [1.54, 1.807) is 13.0 Å². The maximum Gasteiger partial charge on any atom is 0.238 e. The van der Waals surface area contributed by atoms with E-state index in [2.05, 4.69) is 15.9 Å². The van der Waals surface area contributed by atoms with Crippen LogP contribution in [0.1, 0.15) is 15.9 Å². The minimum Gasteiger partial charge on any atom is -0.293 e. The Labute approximate surface area is 96.7 Å². The molecule has 0 bridgehead atoms. The maximum atomic E-state index is 11.4. The average Bonchev–Trinajstić information content (AvgIpc) is 2.15. The number of nitrogens with two attached hydrogens (primary N) is 1. The van der Waals surface area contributed by atoms with Gasteiger partial charge < -0.3 is 0 Å². The predicted octanol–water partition coefficient (Wildman–Crippen LogP) is 1.22. The normalized spacial score (nSPS) is 11.4. The molecule has 1 aromatic carbocycles. The molecule has 0 heterocycles. The van der Waals surface area contributed by atoms with Gasteiger partial charge in [-0.15, -0.1) is 0 Å². The first-order valence-electron chi connectivity index (χ1n) is 4.09. The molecule has 4 nitrogen and oxygen atoms in total. The van der Waals surface area contributed by atoms with E-state index in [0.717, 1.165) is 5.56 Å². The Hall–Kier alpha value is -0.720. The highest BCUT2D eigenvalue weighted by molar-refractivity contribution is 9.09. The van der Waals surface area contributed by atoms with E-state index in [1.165, 1.54) is 12.1 Å². The second-order valence-electron chi connectivity index (χ2n) is 3.08. The van der Waals surface area contributed by atoms with Crippen molar-refractivity contribution in [1.82, 2.24) is 0 Å². The Kier molecular flexibility index (Phi) is 3.64. The molecule has 0 atom stereocenters. The lowest BCUT2D eigenvalue weighted by atomic mass is 10.1. The molecule has 0 aliphatic heterocycles. The number of ketones is 1. The molecule has 0 aliphatic carbocycles. The molecule has 0 amide bonds. The SMILES string of the molecule is Cc1ccc(S(N)(=O)=O)cc1C(=O)CBr. The lowest BCUT2D eigenvalue weighted by molar-refractivity contribution is 0.102. The molecule has 15 heavy (non-hydrogen) atoms. The van der Waals surface area contributed by atoms with E-state index in [0.29, 0.717) is 5.56 Å². The summed E-state index contributed by atoms with van der Waals surface area (Å²) in [5.74, 6) is -0.169. The van der Waals surface area contributed by atoms with Gasteiger partial charge in [-0.25, -0.2) is 13.6 Å². The molecule has 0 saturated carbocycles. The number of hydrogen-bond acceptors (Lipinski definition) is 3. The van der Waals surface area contributed by atoms with Crippen molar-refractivity contribution in [3.05, 3.63) is 29.3 Å². The summed E-state index contributed by atoms with van der Waals surface area (Å²) in [6.45, 7) is 1.74. The Morgan fingerprint density at radius 3 is 2.53 bits per heavy atom. The fourth-order valence-corrected chi connectivity index (χ4v) is 1.99. The van der Waals surface area contributed by atoms with Crippen LogP contribution in [0.4, 0.5) is 0 Å². The Balaban J connectivity index is 3.36. The molecule has 0 spiro atoms. The van der Waals surface area contributed by atoms with Crippen LogP contribution in [-0.4, -0.2) is 19.5 Å². The Morgan fingerprint density at radius 1 is 1.47 bits per heavy atom. The van der Waals surface area contributed by atoms with E-state index in [1.807, 2.05) is 0 Å². The summed E-state index contributed by atoms with van der Waals surface area (Å²) in [4.78, 5) is 11.4. The number of halogens is 1. The van der Waals surface area contributed by atoms with Gasteiger partial charge in [-0.1, -0.05) is 22.0 Å². The number of benzene rings is 1. The van der Waals surface area contributed by atoms with Gasteiger partial charge in [0.2, 0.25) is 10.0 Å². The summed E-state index contributed by atoms with van der Waals surface area (Å²) in [6.07, 6.45) is 0. The molecule has 82 valence electrons. The average molecular weight is 292 g/mol. The predicted molar refractivity (Wildman–Crippen MR) is 60.7 cm³/mol. The van der Waals surface area contributed by atoms with E-state index >= 15 is 0 Å². The summed E-state index contributed by atoms with van der Waals surface area (Å²) in [6, 6.07) is 4.25. The monoisotopic (exact) mass is 291 g/mol. The van der Waals surface area contributed by atoms with Gasteiger partial charge in [-0.2, -0.15) is 0 Å². The first kappa shape index (κ1) is 12.4. The van der Waals surface area contributed by atoms with Gasteiger partial charge in [0.1, 0.15) is 0 Å². The molecule has 1 rings (SSSR count). The molecule has 0 unspecified atom stereocenters. The summed E-state index contributed by atoms with van der Waals surface area (Å²) in [5, 5.41) is 5.12. The number of rotatable bonds is 3. The molecule has 0 radical (unpaired) electrons. The fraction of sp³-hybridized carbons (Fsp3) is 0.222. The van der Waals surface area contributed by atoms with Gasteiger partial charge in [-0.3, -0.25) is 4.79 Å². The van der Waals surface area contributed by atoms with E-state index in [-0.39, 0.29) is 16.0 Å². The first-order chi connectivity index (χ1) is 6.86. The van der Waals surface area contributed by atoms with Crippen LogP contribution in [-0.2, 0) is 10.0 Å². The number of carbonyl (C=O) groups excluding carboxylic acids is 1. The highest BCUT2D eigenvalue weighted by Crippen LogP contribution is 2.15. The zero-order valence-electron chi connectivity index (χ0n) is 8.03. The molecule has 0 saturated heterocycles. The van der Waals surface area contributed by atoms with Gasteiger partial charge >= 0.3 is 0 Å². The summed E-state index contributed by atoms with van der Waals surface area (Å²) in [5.41, 5.74) is 1.10. The van der Waals surface area contributed by atoms with Crippen molar-refractivity contribution >= 4 is 31.7 Å². The van der Waals surface area contributed by atoms with Gasteiger partial charge in [0, 0.05) is 5.56 Å². The third-order valence-electron chi connectivity index (χ3n) is 1.96. The van der Waals surface area contributed by atoms with Gasteiger partial charge in [-0.05, 0) is 24.6 Å². The van der Waals surface area contributed by atoms with Crippen molar-refractivity contribution in [1.29, 1.82) is 0 Å². The van der Waals surface area contributed by atoms with Crippen LogP contribution in [0, 0.1) is 6.92 Å². The lowest BCUT2D eigenvalue weighted by Crippen LogP contribution is -2.14. The summed E-state index contributed by atoms with van der Waals surface area (Å²) >= 11 is 3.03. The second-order valence-corrected chi connectivity index (χ2v) is 5.20. The van der Waals surface area contributed by atoms with Crippen molar-refractivity contribution in [2.75, 3.05) is 5.33 Å². The molecule has 0 fully saturated rings. The van der Waals surface area contributed by atoms with Crippen molar-refractivity contribution in [3.8, 4) is 0 Å². The van der Waals surface area contributed by atoms with Crippen molar-refractivity contribution < 1.29 is 13.2 Å². The van der Waals surface area contributed by atoms with Crippen LogP contribution in [0.5, 0.6) is 0 Å². The van der Waals surface area contributed by atoms with Gasteiger partial charge in [0.05, 0.1) is 10.2 Å². The van der Waals surface area contributed by atoms with Crippen molar-refractivity contribution in [3.63, 3.8) is 0 Å². The van der Waals surface area contributed by atoms with Crippen LogP contribution >= 0.6 is 15.9 Å². The standard InChI is InChI=1S/C9H10BrNO3S/c1-6-2-3-7(15(11,13)14)4-8(6)9(12)5-10/h2-4H,5H2,1H3,(H2,11,13,14). The molecule has 0 aromatic heterocycles. The number of carbonyl (C=O) groups is 1. The number of Topliss-reactive ketones (excluding diaryl/α,β-unsaturated/α-hetero) is 1. The van der Waals surface area contributed by atoms with Gasteiger partial charge in [0.25, 0.3) is 0 Å². The number of hydrogen-bond donors (Lipinski definition) is 1. The minimum atomic E-state index is -3.75. The number of sulfonamides is 1. The minimum absolute atomic E-state index is 0.0441. The first-order valence-corrected chi connectivity index (χ1v) is 6.75. The van der Waals surface area contributed by atoms with E-state index in [4.69, 9.17) is 5.14 Å². The van der Waals surface area contributed by atoms with E-state index in [9.17, 15) is 13.2 Å². The highest BCUT2D eigenvalue weighted by Gasteiger charge is 2.13. The Morgan fingerprint density at radius 2 is 2.07 bits per heavy atom. The number of aryl methyl sites for hydroxylation is 1. The molecule has 6 heteroatoms. The van der Waals surface area contributed by atoms with Crippen LogP contribution in [0.3, 0.4) is 0 Å². The zero-order valence-corrected chi connectivity index (χ0v) is 10.4. The molecule has 0 aliphatic rings. The van der Waals surface area contributed by atoms with Crippen LogP contribution in [0.2, 0.25) is 0 Å². The largest absolute Gasteiger partial charge is 0.293 e.